The third-order valence-corrected chi connectivity index (χ3v) is 3.48. The summed E-state index contributed by atoms with van der Waals surface area (Å²) in [5.74, 6) is 0.885. The van der Waals surface area contributed by atoms with Gasteiger partial charge in [0.1, 0.15) is 11.3 Å². The summed E-state index contributed by atoms with van der Waals surface area (Å²) in [4.78, 5) is 13.9. The largest absolute Gasteiger partial charge is 0.497 e. The number of unbranched alkanes of at least 4 members (excludes halogenated alkanes) is 1. The number of benzene rings is 1. The molecule has 0 bridgehead atoms. The standard InChI is InChI=1S/C16H21NO3/c1-4-5-8-17(2)16(18)9-12-11-20-15-7-6-13(19-3)10-14(12)15/h6-7,10-11H,4-5,8-9H2,1-3H3. The molecule has 0 atom stereocenters. The molecular weight excluding hydrogens is 254 g/mol. The highest BCUT2D eigenvalue weighted by Crippen LogP contribution is 2.26. The zero-order valence-electron chi connectivity index (χ0n) is 12.3. The number of ether oxygens (including phenoxy) is 1. The van der Waals surface area contributed by atoms with Gasteiger partial charge in [-0.05, 0) is 24.6 Å². The molecular formula is C16H21NO3. The van der Waals surface area contributed by atoms with E-state index in [2.05, 4.69) is 6.92 Å². The van der Waals surface area contributed by atoms with Crippen LogP contribution in [0, 0.1) is 0 Å². The minimum atomic E-state index is 0.115. The zero-order valence-corrected chi connectivity index (χ0v) is 12.3. The topological polar surface area (TPSA) is 42.7 Å². The minimum absolute atomic E-state index is 0.115. The second kappa shape index (κ2) is 6.46. The van der Waals surface area contributed by atoms with E-state index in [0.717, 1.165) is 41.7 Å². The molecule has 2 rings (SSSR count). The van der Waals surface area contributed by atoms with Crippen molar-refractivity contribution < 1.29 is 13.9 Å². The normalized spacial score (nSPS) is 10.8. The van der Waals surface area contributed by atoms with Gasteiger partial charge in [-0.1, -0.05) is 13.3 Å². The molecule has 4 nitrogen and oxygen atoms in total. The minimum Gasteiger partial charge on any atom is -0.497 e. The van der Waals surface area contributed by atoms with Crippen LogP contribution >= 0.6 is 0 Å². The molecule has 0 spiro atoms. The number of methoxy groups -OCH3 is 1. The third kappa shape index (κ3) is 3.13. The second-order valence-electron chi connectivity index (χ2n) is 4.97. The van der Waals surface area contributed by atoms with Crippen molar-refractivity contribution in [3.8, 4) is 5.75 Å². The van der Waals surface area contributed by atoms with Crippen LogP contribution in [-0.4, -0.2) is 31.5 Å². The maximum absolute atomic E-state index is 12.2. The van der Waals surface area contributed by atoms with Gasteiger partial charge in [0.2, 0.25) is 5.91 Å². The molecule has 108 valence electrons. The predicted octanol–water partition coefficient (Wildman–Crippen LogP) is 3.24. The first-order chi connectivity index (χ1) is 9.65. The number of furan rings is 1. The Labute approximate surface area is 119 Å². The number of carbonyl (C=O) groups is 1. The lowest BCUT2D eigenvalue weighted by Crippen LogP contribution is -2.29. The van der Waals surface area contributed by atoms with Gasteiger partial charge in [0.15, 0.2) is 0 Å². The van der Waals surface area contributed by atoms with Crippen LogP contribution in [0.5, 0.6) is 5.75 Å². The van der Waals surface area contributed by atoms with Crippen LogP contribution in [-0.2, 0) is 11.2 Å². The monoisotopic (exact) mass is 275 g/mol. The molecule has 0 unspecified atom stereocenters. The summed E-state index contributed by atoms with van der Waals surface area (Å²) in [6.07, 6.45) is 4.14. The van der Waals surface area contributed by atoms with Crippen molar-refractivity contribution in [1.82, 2.24) is 4.90 Å². The fourth-order valence-electron chi connectivity index (χ4n) is 2.14. The molecule has 0 aliphatic carbocycles. The molecule has 1 amide bonds. The number of carbonyl (C=O) groups excluding carboxylic acids is 1. The molecule has 1 aromatic carbocycles. The molecule has 4 heteroatoms. The van der Waals surface area contributed by atoms with Crippen LogP contribution in [0.15, 0.2) is 28.9 Å². The molecule has 0 saturated carbocycles. The Kier molecular flexibility index (Phi) is 4.66. The van der Waals surface area contributed by atoms with Gasteiger partial charge in [-0.3, -0.25) is 4.79 Å². The maximum Gasteiger partial charge on any atom is 0.226 e. The van der Waals surface area contributed by atoms with E-state index < -0.39 is 0 Å². The summed E-state index contributed by atoms with van der Waals surface area (Å²) < 4.78 is 10.7. The van der Waals surface area contributed by atoms with Crippen LogP contribution in [0.4, 0.5) is 0 Å². The Balaban J connectivity index is 2.14. The van der Waals surface area contributed by atoms with E-state index in [9.17, 15) is 4.79 Å². The smallest absolute Gasteiger partial charge is 0.226 e. The van der Waals surface area contributed by atoms with Crippen molar-refractivity contribution in [2.75, 3.05) is 20.7 Å². The number of fused-ring (bicyclic) bond motifs is 1. The number of amides is 1. The van der Waals surface area contributed by atoms with Crippen LogP contribution in [0.1, 0.15) is 25.3 Å². The first-order valence-corrected chi connectivity index (χ1v) is 6.93. The van der Waals surface area contributed by atoms with Gasteiger partial charge in [0.05, 0.1) is 19.8 Å². The fraction of sp³-hybridized carbons (Fsp3) is 0.438. The lowest BCUT2D eigenvalue weighted by Gasteiger charge is -2.16. The summed E-state index contributed by atoms with van der Waals surface area (Å²) >= 11 is 0. The number of nitrogens with zero attached hydrogens (tertiary/aromatic N) is 1. The molecule has 1 heterocycles. The summed E-state index contributed by atoms with van der Waals surface area (Å²) in [5, 5.41) is 0.946. The average molecular weight is 275 g/mol. The Hall–Kier alpha value is -1.97. The third-order valence-electron chi connectivity index (χ3n) is 3.48. The fourth-order valence-corrected chi connectivity index (χ4v) is 2.14. The van der Waals surface area contributed by atoms with Crippen LogP contribution in [0.25, 0.3) is 11.0 Å². The Bertz CT molecular complexity index is 588. The molecule has 2 aromatic rings. The lowest BCUT2D eigenvalue weighted by atomic mass is 10.1. The van der Waals surface area contributed by atoms with Gasteiger partial charge in [-0.25, -0.2) is 0 Å². The van der Waals surface area contributed by atoms with E-state index >= 15 is 0 Å². The van der Waals surface area contributed by atoms with Gasteiger partial charge in [0.25, 0.3) is 0 Å². The SMILES string of the molecule is CCCCN(C)C(=O)Cc1coc2ccc(OC)cc12. The van der Waals surface area contributed by atoms with Crippen LogP contribution in [0.2, 0.25) is 0 Å². The van der Waals surface area contributed by atoms with Crippen molar-refractivity contribution >= 4 is 16.9 Å². The molecule has 0 aliphatic heterocycles. The summed E-state index contributed by atoms with van der Waals surface area (Å²) in [5.41, 5.74) is 1.69. The highest BCUT2D eigenvalue weighted by molar-refractivity contribution is 5.88. The van der Waals surface area contributed by atoms with Gasteiger partial charge >= 0.3 is 0 Å². The Morgan fingerprint density at radius 3 is 2.90 bits per heavy atom. The number of rotatable bonds is 6. The number of hydrogen-bond donors (Lipinski definition) is 0. The van der Waals surface area contributed by atoms with E-state index in [0.29, 0.717) is 6.42 Å². The van der Waals surface area contributed by atoms with Crippen molar-refractivity contribution in [1.29, 1.82) is 0 Å². The molecule has 1 aromatic heterocycles. The quantitative estimate of drug-likeness (QED) is 0.812. The van der Waals surface area contributed by atoms with E-state index in [4.69, 9.17) is 9.15 Å². The lowest BCUT2D eigenvalue weighted by molar-refractivity contribution is -0.129. The summed E-state index contributed by atoms with van der Waals surface area (Å²) in [6, 6.07) is 5.63. The van der Waals surface area contributed by atoms with Gasteiger partial charge in [-0.2, -0.15) is 0 Å². The summed E-state index contributed by atoms with van der Waals surface area (Å²) in [6.45, 7) is 2.92. The van der Waals surface area contributed by atoms with Crippen molar-refractivity contribution in [3.63, 3.8) is 0 Å². The van der Waals surface area contributed by atoms with Crippen molar-refractivity contribution in [2.45, 2.75) is 26.2 Å². The first kappa shape index (κ1) is 14.4. The molecule has 20 heavy (non-hydrogen) atoms. The molecule has 0 fully saturated rings. The molecule has 0 N–H and O–H groups in total. The predicted molar refractivity (Wildman–Crippen MR) is 79.0 cm³/mol. The Morgan fingerprint density at radius 2 is 2.20 bits per heavy atom. The highest BCUT2D eigenvalue weighted by atomic mass is 16.5. The highest BCUT2D eigenvalue weighted by Gasteiger charge is 2.14. The van der Waals surface area contributed by atoms with Gasteiger partial charge in [0, 0.05) is 24.5 Å². The molecule has 0 saturated heterocycles. The number of likely N-dealkylation sites (N-methyl/N-ethyl adjacent to an activating group) is 1. The van der Waals surface area contributed by atoms with E-state index in [1.807, 2.05) is 25.2 Å². The summed E-state index contributed by atoms with van der Waals surface area (Å²) in [7, 11) is 3.48. The number of hydrogen-bond acceptors (Lipinski definition) is 3. The molecule has 0 radical (unpaired) electrons. The second-order valence-corrected chi connectivity index (χ2v) is 4.97. The van der Waals surface area contributed by atoms with E-state index in [1.54, 1.807) is 18.3 Å². The van der Waals surface area contributed by atoms with Crippen molar-refractivity contribution in [2.24, 2.45) is 0 Å². The van der Waals surface area contributed by atoms with Gasteiger partial charge < -0.3 is 14.1 Å². The van der Waals surface area contributed by atoms with Crippen molar-refractivity contribution in [3.05, 3.63) is 30.0 Å². The van der Waals surface area contributed by atoms with E-state index in [1.165, 1.54) is 0 Å². The average Bonchev–Trinajstić information content (AvgIpc) is 2.86. The van der Waals surface area contributed by atoms with Crippen LogP contribution < -0.4 is 4.74 Å². The van der Waals surface area contributed by atoms with Crippen LogP contribution in [0.3, 0.4) is 0 Å². The zero-order chi connectivity index (χ0) is 14.5. The van der Waals surface area contributed by atoms with E-state index in [-0.39, 0.29) is 5.91 Å². The van der Waals surface area contributed by atoms with Gasteiger partial charge in [-0.15, -0.1) is 0 Å². The maximum atomic E-state index is 12.2. The first-order valence-electron chi connectivity index (χ1n) is 6.93. The molecule has 0 aliphatic rings. The Morgan fingerprint density at radius 1 is 1.40 bits per heavy atom.